The lowest BCUT2D eigenvalue weighted by Gasteiger charge is -2.10. The van der Waals surface area contributed by atoms with Gasteiger partial charge in [0.25, 0.3) is 0 Å². The van der Waals surface area contributed by atoms with Crippen LogP contribution in [0.5, 0.6) is 0 Å². The first-order valence-corrected chi connectivity index (χ1v) is 8.87. The van der Waals surface area contributed by atoms with Gasteiger partial charge in [-0.2, -0.15) is 0 Å². The van der Waals surface area contributed by atoms with Crippen LogP contribution in [0, 0.1) is 12.7 Å². The number of hydrogen-bond donors (Lipinski definition) is 3. The average molecular weight is 363 g/mol. The van der Waals surface area contributed by atoms with Gasteiger partial charge in [-0.1, -0.05) is 0 Å². The van der Waals surface area contributed by atoms with Gasteiger partial charge >= 0.3 is 0 Å². The van der Waals surface area contributed by atoms with Crippen molar-refractivity contribution < 1.29 is 9.18 Å². The highest BCUT2D eigenvalue weighted by Crippen LogP contribution is 2.11. The number of aryl methyl sites for hydroxylation is 1. The molecule has 0 bridgehead atoms. The molecule has 2 aromatic rings. The van der Waals surface area contributed by atoms with Gasteiger partial charge in [0.2, 0.25) is 5.91 Å². The summed E-state index contributed by atoms with van der Waals surface area (Å²) in [6, 6.07) is 5.61. The first kappa shape index (κ1) is 18.9. The number of guanidine groups is 1. The minimum Gasteiger partial charge on any atom is -0.357 e. The van der Waals surface area contributed by atoms with E-state index in [-0.39, 0.29) is 18.3 Å². The van der Waals surface area contributed by atoms with Crippen LogP contribution in [0.3, 0.4) is 0 Å². The molecule has 1 aromatic heterocycles. The van der Waals surface area contributed by atoms with Crippen LogP contribution in [0.1, 0.15) is 16.8 Å². The van der Waals surface area contributed by atoms with E-state index in [1.54, 1.807) is 11.3 Å². The molecule has 2 rings (SSSR count). The maximum Gasteiger partial charge on any atom is 0.246 e. The summed E-state index contributed by atoms with van der Waals surface area (Å²) in [7, 11) is 0. The monoisotopic (exact) mass is 363 g/mol. The molecule has 0 fully saturated rings. The lowest BCUT2D eigenvalue weighted by atomic mass is 10.3. The highest BCUT2D eigenvalue weighted by molar-refractivity contribution is 7.11. The molecule has 1 aromatic carbocycles. The van der Waals surface area contributed by atoms with Gasteiger partial charge in [-0.25, -0.2) is 14.4 Å². The van der Waals surface area contributed by atoms with Crippen LogP contribution in [-0.2, 0) is 11.2 Å². The molecule has 25 heavy (non-hydrogen) atoms. The summed E-state index contributed by atoms with van der Waals surface area (Å²) in [5.74, 6) is -0.0329. The second-order valence-corrected chi connectivity index (χ2v) is 6.61. The standard InChI is InChI=1S/C17H22FN5OS/c1-3-19-17(20-9-8-16-21-10-12(2)25-16)22-11-15(24)23-14-6-4-13(18)5-7-14/h4-7,10H,3,8-9,11H2,1-2H3,(H,23,24)(H2,19,20,22). The number of anilines is 1. The second-order valence-electron chi connectivity index (χ2n) is 5.29. The fourth-order valence-corrected chi connectivity index (χ4v) is 2.82. The molecular formula is C17H22FN5OS. The third-order valence-corrected chi connectivity index (χ3v) is 4.13. The molecule has 0 saturated heterocycles. The van der Waals surface area contributed by atoms with Crippen molar-refractivity contribution in [1.29, 1.82) is 0 Å². The highest BCUT2D eigenvalue weighted by atomic mass is 32.1. The molecule has 0 spiro atoms. The van der Waals surface area contributed by atoms with Crippen LogP contribution in [0.25, 0.3) is 0 Å². The minimum atomic E-state index is -0.343. The molecule has 1 amide bonds. The third-order valence-electron chi connectivity index (χ3n) is 3.15. The Bertz CT molecular complexity index is 714. The van der Waals surface area contributed by atoms with Crippen LogP contribution in [0.4, 0.5) is 10.1 Å². The number of rotatable bonds is 7. The number of aromatic nitrogens is 1. The van der Waals surface area contributed by atoms with Gasteiger partial charge in [0.1, 0.15) is 12.4 Å². The molecule has 0 radical (unpaired) electrons. The Hall–Kier alpha value is -2.48. The summed E-state index contributed by atoms with van der Waals surface area (Å²) in [5, 5.41) is 10.0. The summed E-state index contributed by atoms with van der Waals surface area (Å²) in [5.41, 5.74) is 0.540. The average Bonchev–Trinajstić information content (AvgIpc) is 3.00. The van der Waals surface area contributed by atoms with Crippen molar-refractivity contribution in [2.45, 2.75) is 20.3 Å². The van der Waals surface area contributed by atoms with Crippen molar-refractivity contribution in [2.24, 2.45) is 4.99 Å². The second kappa shape index (κ2) is 9.73. The molecule has 0 atom stereocenters. The summed E-state index contributed by atoms with van der Waals surface area (Å²) in [4.78, 5) is 21.7. The first-order chi connectivity index (χ1) is 12.1. The van der Waals surface area contributed by atoms with Gasteiger partial charge in [0, 0.05) is 36.3 Å². The van der Waals surface area contributed by atoms with Crippen molar-refractivity contribution >= 4 is 28.9 Å². The zero-order valence-electron chi connectivity index (χ0n) is 14.3. The smallest absolute Gasteiger partial charge is 0.246 e. The van der Waals surface area contributed by atoms with E-state index >= 15 is 0 Å². The number of hydrogen-bond acceptors (Lipinski definition) is 4. The number of nitrogens with one attached hydrogen (secondary N) is 3. The van der Waals surface area contributed by atoms with Gasteiger partial charge in [0.05, 0.1) is 5.01 Å². The van der Waals surface area contributed by atoms with Crippen LogP contribution >= 0.6 is 11.3 Å². The molecular weight excluding hydrogens is 341 g/mol. The third kappa shape index (κ3) is 6.88. The molecule has 0 aliphatic heterocycles. The van der Waals surface area contributed by atoms with E-state index in [1.165, 1.54) is 29.1 Å². The number of carbonyl (C=O) groups is 1. The largest absolute Gasteiger partial charge is 0.357 e. The number of aliphatic imine (C=N–C) groups is 1. The van der Waals surface area contributed by atoms with E-state index in [1.807, 2.05) is 20.0 Å². The van der Waals surface area contributed by atoms with Crippen molar-refractivity contribution in [2.75, 3.05) is 25.0 Å². The van der Waals surface area contributed by atoms with Crippen LogP contribution in [0.15, 0.2) is 35.5 Å². The van der Waals surface area contributed by atoms with Gasteiger partial charge in [-0.15, -0.1) is 11.3 Å². The quantitative estimate of drug-likeness (QED) is 0.521. The van der Waals surface area contributed by atoms with E-state index in [0.717, 1.165) is 11.4 Å². The summed E-state index contributed by atoms with van der Waals surface area (Å²) >= 11 is 1.67. The van der Waals surface area contributed by atoms with Crippen LogP contribution in [0.2, 0.25) is 0 Å². The highest BCUT2D eigenvalue weighted by Gasteiger charge is 2.04. The molecule has 0 aliphatic rings. The van der Waals surface area contributed by atoms with Gasteiger partial charge < -0.3 is 16.0 Å². The Morgan fingerprint density at radius 2 is 2.04 bits per heavy atom. The van der Waals surface area contributed by atoms with E-state index in [2.05, 4.69) is 25.9 Å². The molecule has 1 heterocycles. The van der Waals surface area contributed by atoms with E-state index in [0.29, 0.717) is 24.7 Å². The first-order valence-electron chi connectivity index (χ1n) is 8.05. The predicted octanol–water partition coefficient (Wildman–Crippen LogP) is 2.33. The topological polar surface area (TPSA) is 78.4 Å². The van der Waals surface area contributed by atoms with Gasteiger partial charge in [-0.05, 0) is 38.1 Å². The Morgan fingerprint density at radius 3 is 2.68 bits per heavy atom. The number of carbonyl (C=O) groups excluding carboxylic acids is 1. The van der Waals surface area contributed by atoms with Crippen molar-refractivity contribution in [3.05, 3.63) is 46.2 Å². The molecule has 6 nitrogen and oxygen atoms in total. The van der Waals surface area contributed by atoms with Crippen molar-refractivity contribution in [3.63, 3.8) is 0 Å². The molecule has 0 aliphatic carbocycles. The van der Waals surface area contributed by atoms with Crippen molar-refractivity contribution in [1.82, 2.24) is 15.6 Å². The number of nitrogens with zero attached hydrogens (tertiary/aromatic N) is 2. The Labute approximate surface area is 150 Å². The molecule has 0 unspecified atom stereocenters. The molecule has 0 saturated carbocycles. The Kier molecular flexibility index (Phi) is 7.34. The van der Waals surface area contributed by atoms with Crippen molar-refractivity contribution in [3.8, 4) is 0 Å². The Morgan fingerprint density at radius 1 is 1.28 bits per heavy atom. The fraction of sp³-hybridized carbons (Fsp3) is 0.353. The van der Waals surface area contributed by atoms with E-state index in [9.17, 15) is 9.18 Å². The molecule has 134 valence electrons. The zero-order valence-corrected chi connectivity index (χ0v) is 15.1. The summed E-state index contributed by atoms with van der Waals surface area (Å²) in [6.45, 7) is 5.34. The van der Waals surface area contributed by atoms with E-state index < -0.39 is 0 Å². The zero-order chi connectivity index (χ0) is 18.1. The normalized spacial score (nSPS) is 11.2. The number of benzene rings is 1. The predicted molar refractivity (Wildman–Crippen MR) is 99.6 cm³/mol. The SMILES string of the molecule is CCNC(=NCC(=O)Nc1ccc(F)cc1)NCCc1ncc(C)s1. The molecule has 3 N–H and O–H groups in total. The minimum absolute atomic E-state index is 0.0247. The van der Waals surface area contributed by atoms with Crippen LogP contribution < -0.4 is 16.0 Å². The lowest BCUT2D eigenvalue weighted by molar-refractivity contribution is -0.114. The number of thiazole rings is 1. The van der Waals surface area contributed by atoms with Gasteiger partial charge in [0.15, 0.2) is 5.96 Å². The van der Waals surface area contributed by atoms with Gasteiger partial charge in [-0.3, -0.25) is 4.79 Å². The number of halogens is 1. The van der Waals surface area contributed by atoms with Crippen LogP contribution in [-0.4, -0.2) is 36.5 Å². The maximum absolute atomic E-state index is 12.9. The summed E-state index contributed by atoms with van der Waals surface area (Å²) in [6.07, 6.45) is 2.66. The molecule has 8 heteroatoms. The Balaban J connectivity index is 1.81. The summed E-state index contributed by atoms with van der Waals surface area (Å²) < 4.78 is 12.9. The lowest BCUT2D eigenvalue weighted by Crippen LogP contribution is -2.39. The van der Waals surface area contributed by atoms with E-state index in [4.69, 9.17) is 0 Å². The number of amides is 1. The maximum atomic E-state index is 12.9. The fourth-order valence-electron chi connectivity index (χ4n) is 2.03.